The van der Waals surface area contributed by atoms with Crippen LogP contribution in [-0.4, -0.2) is 49.8 Å². The third-order valence-electron chi connectivity index (χ3n) is 8.66. The van der Waals surface area contributed by atoms with Crippen molar-refractivity contribution in [2.75, 3.05) is 0 Å². The summed E-state index contributed by atoms with van der Waals surface area (Å²) in [4.78, 5) is 12.5. The number of aliphatic hydroxyl groups is 4. The van der Waals surface area contributed by atoms with Crippen LogP contribution in [0.3, 0.4) is 0 Å². The van der Waals surface area contributed by atoms with E-state index in [1.54, 1.807) is 26.0 Å². The van der Waals surface area contributed by atoms with E-state index in [1.165, 1.54) is 19.1 Å². The predicted octanol–water partition coefficient (Wildman–Crippen LogP) is 6.08. The Balaban J connectivity index is 1.63. The Hall–Kier alpha value is -3.21. The summed E-state index contributed by atoms with van der Waals surface area (Å²) in [6.07, 6.45) is 18.5. The highest BCUT2D eigenvalue weighted by molar-refractivity contribution is 5.95. The summed E-state index contributed by atoms with van der Waals surface area (Å²) in [5.41, 5.74) is 0.218. The molecule has 0 spiro atoms. The standard InChI is InChI=1S/C37H48O6/c1-25(15-16-32-27(3)20-29(38)22-34(32,4)5)13-11-9-10-12-14-26(2)19-31-21-28(33(40)43-31)17-18-37(42)35(6,7)23-30(39)24-36(37,8)41/h9-14,17-19,21,29-30,38-39,41-42H,20,22-24H2,1-8H3/b11-9+,12-10+,18-17+,25-13+,26-14+,31-19-/t29-,30+,36-,37-/m1/s1. The Morgan fingerprint density at radius 2 is 1.60 bits per heavy atom. The van der Waals surface area contributed by atoms with Crippen LogP contribution < -0.4 is 0 Å². The van der Waals surface area contributed by atoms with E-state index in [2.05, 4.69) is 32.6 Å². The first-order chi connectivity index (χ1) is 19.9. The molecule has 1 saturated carbocycles. The number of carbonyl (C=O) groups is 1. The number of esters is 1. The fraction of sp³-hybridized carbons (Fsp3) is 0.486. The number of aliphatic hydroxyl groups excluding tert-OH is 2. The molecule has 1 heterocycles. The van der Waals surface area contributed by atoms with Gasteiger partial charge in [-0.25, -0.2) is 4.79 Å². The zero-order valence-electron chi connectivity index (χ0n) is 26.9. The van der Waals surface area contributed by atoms with Crippen LogP contribution in [-0.2, 0) is 9.53 Å². The maximum Gasteiger partial charge on any atom is 0.343 e. The molecule has 3 rings (SSSR count). The van der Waals surface area contributed by atoms with Crippen LogP contribution in [0.25, 0.3) is 0 Å². The van der Waals surface area contributed by atoms with Crippen molar-refractivity contribution < 1.29 is 30.0 Å². The lowest BCUT2D eigenvalue weighted by atomic mass is 9.57. The van der Waals surface area contributed by atoms with Gasteiger partial charge >= 0.3 is 5.97 Å². The molecule has 4 N–H and O–H groups in total. The van der Waals surface area contributed by atoms with E-state index in [4.69, 9.17) is 4.74 Å². The smallest absolute Gasteiger partial charge is 0.343 e. The summed E-state index contributed by atoms with van der Waals surface area (Å²) in [7, 11) is 0. The second kappa shape index (κ2) is 13.2. The molecule has 232 valence electrons. The lowest BCUT2D eigenvalue weighted by Crippen LogP contribution is -2.65. The van der Waals surface area contributed by atoms with E-state index >= 15 is 0 Å². The molecule has 4 atom stereocenters. The number of carbonyl (C=O) groups excluding carboxylic acids is 1. The van der Waals surface area contributed by atoms with Crippen molar-refractivity contribution >= 4 is 5.97 Å². The number of hydrogen-bond acceptors (Lipinski definition) is 6. The van der Waals surface area contributed by atoms with Crippen LogP contribution in [0.15, 0.2) is 94.4 Å². The summed E-state index contributed by atoms with van der Waals surface area (Å²) in [5, 5.41) is 42.6. The van der Waals surface area contributed by atoms with Crippen molar-refractivity contribution in [3.05, 3.63) is 94.4 Å². The summed E-state index contributed by atoms with van der Waals surface area (Å²) < 4.78 is 5.38. The average molecular weight is 589 g/mol. The minimum atomic E-state index is -1.64. The van der Waals surface area contributed by atoms with Gasteiger partial charge in [0.2, 0.25) is 0 Å². The average Bonchev–Trinajstić information content (AvgIpc) is 3.20. The molecule has 0 saturated heterocycles. The monoisotopic (exact) mass is 588 g/mol. The molecule has 0 bridgehead atoms. The van der Waals surface area contributed by atoms with Crippen molar-refractivity contribution in [3.63, 3.8) is 0 Å². The molecule has 6 nitrogen and oxygen atoms in total. The van der Waals surface area contributed by atoms with E-state index in [0.717, 1.165) is 28.7 Å². The van der Waals surface area contributed by atoms with Gasteiger partial charge in [0.15, 0.2) is 0 Å². The maximum atomic E-state index is 12.5. The van der Waals surface area contributed by atoms with Crippen LogP contribution in [0.5, 0.6) is 0 Å². The van der Waals surface area contributed by atoms with Gasteiger partial charge in [0.05, 0.1) is 23.4 Å². The van der Waals surface area contributed by atoms with Crippen molar-refractivity contribution in [1.29, 1.82) is 0 Å². The topological polar surface area (TPSA) is 107 Å². The largest absolute Gasteiger partial charge is 0.423 e. The van der Waals surface area contributed by atoms with Crippen molar-refractivity contribution in [2.45, 2.75) is 104 Å². The summed E-state index contributed by atoms with van der Waals surface area (Å²) >= 11 is 0. The van der Waals surface area contributed by atoms with Gasteiger partial charge in [-0.1, -0.05) is 81.6 Å². The zero-order valence-corrected chi connectivity index (χ0v) is 26.9. The van der Waals surface area contributed by atoms with Crippen molar-refractivity contribution in [3.8, 4) is 11.8 Å². The number of hydrogen-bond donors (Lipinski definition) is 4. The van der Waals surface area contributed by atoms with Gasteiger partial charge < -0.3 is 25.2 Å². The summed E-state index contributed by atoms with van der Waals surface area (Å²) in [5.74, 6) is 6.42. The minimum absolute atomic E-state index is 0.0334. The maximum absolute atomic E-state index is 12.5. The molecule has 6 heteroatoms. The van der Waals surface area contributed by atoms with Gasteiger partial charge in [0, 0.05) is 22.8 Å². The van der Waals surface area contributed by atoms with E-state index in [1.807, 2.05) is 50.3 Å². The van der Waals surface area contributed by atoms with Crippen LogP contribution in [0.1, 0.15) is 81.1 Å². The van der Waals surface area contributed by atoms with Gasteiger partial charge in [-0.05, 0) is 82.4 Å². The first-order valence-corrected chi connectivity index (χ1v) is 14.9. The zero-order chi connectivity index (χ0) is 32.2. The lowest BCUT2D eigenvalue weighted by molar-refractivity contribution is -0.216. The molecule has 0 aromatic carbocycles. The quantitative estimate of drug-likeness (QED) is 0.170. The van der Waals surface area contributed by atoms with Crippen LogP contribution in [0, 0.1) is 22.7 Å². The Labute approximate surface area is 257 Å². The van der Waals surface area contributed by atoms with Crippen LogP contribution in [0.4, 0.5) is 0 Å². The van der Waals surface area contributed by atoms with Crippen molar-refractivity contribution in [1.82, 2.24) is 0 Å². The molecule has 0 aromatic rings. The highest BCUT2D eigenvalue weighted by Crippen LogP contribution is 2.50. The molecular formula is C37H48O6. The molecule has 1 aliphatic heterocycles. The first kappa shape index (κ1) is 34.3. The normalized spacial score (nSPS) is 32.5. The van der Waals surface area contributed by atoms with E-state index in [-0.39, 0.29) is 23.5 Å². The molecule has 3 aliphatic rings. The molecule has 0 radical (unpaired) electrons. The van der Waals surface area contributed by atoms with E-state index in [9.17, 15) is 25.2 Å². The number of cyclic esters (lactones) is 1. The number of ether oxygens (including phenoxy) is 1. The first-order valence-electron chi connectivity index (χ1n) is 14.9. The van der Waals surface area contributed by atoms with Crippen molar-refractivity contribution in [2.24, 2.45) is 10.8 Å². The summed E-state index contributed by atoms with van der Waals surface area (Å²) in [6, 6.07) is 0. The third kappa shape index (κ3) is 8.25. The fourth-order valence-corrected chi connectivity index (χ4v) is 6.45. The fourth-order valence-electron chi connectivity index (χ4n) is 6.45. The predicted molar refractivity (Wildman–Crippen MR) is 171 cm³/mol. The van der Waals surface area contributed by atoms with Gasteiger partial charge in [-0.3, -0.25) is 0 Å². The lowest BCUT2D eigenvalue weighted by Gasteiger charge is -2.54. The number of allylic oxidation sites excluding steroid dienone is 11. The van der Waals surface area contributed by atoms with Gasteiger partial charge in [0.25, 0.3) is 0 Å². The second-order valence-corrected chi connectivity index (χ2v) is 13.7. The number of rotatable bonds is 6. The van der Waals surface area contributed by atoms with E-state index < -0.39 is 28.7 Å². The highest BCUT2D eigenvalue weighted by Gasteiger charge is 2.58. The van der Waals surface area contributed by atoms with Gasteiger partial charge in [0.1, 0.15) is 11.4 Å². The Bertz CT molecular complexity index is 1390. The molecule has 0 aromatic heterocycles. The molecule has 0 amide bonds. The highest BCUT2D eigenvalue weighted by atomic mass is 16.5. The Morgan fingerprint density at radius 3 is 2.23 bits per heavy atom. The molecular weight excluding hydrogens is 540 g/mol. The Morgan fingerprint density at radius 1 is 0.953 bits per heavy atom. The van der Waals surface area contributed by atoms with Crippen LogP contribution >= 0.6 is 0 Å². The molecule has 0 unspecified atom stereocenters. The minimum Gasteiger partial charge on any atom is -0.423 e. The third-order valence-corrected chi connectivity index (χ3v) is 8.66. The Kier molecular flexibility index (Phi) is 10.5. The molecule has 43 heavy (non-hydrogen) atoms. The summed E-state index contributed by atoms with van der Waals surface area (Å²) in [6.45, 7) is 15.3. The van der Waals surface area contributed by atoms with Crippen LogP contribution in [0.2, 0.25) is 0 Å². The van der Waals surface area contributed by atoms with E-state index in [0.29, 0.717) is 18.6 Å². The molecule has 2 aliphatic carbocycles. The SMILES string of the molecule is CC1=C(C#C/C(C)=C/C=C/C=C/C=C(C)/C=C2C=C(/C=C/[C@@]3(O)C(C)(C)C[C@H](O)C[C@@]3(C)O)C(=O)O/2)C(C)(C)C[C@H](O)C1. The van der Waals surface area contributed by atoms with Gasteiger partial charge in [-0.2, -0.15) is 0 Å². The van der Waals surface area contributed by atoms with Gasteiger partial charge in [-0.15, -0.1) is 0 Å². The second-order valence-electron chi connectivity index (χ2n) is 13.7. The molecule has 1 fully saturated rings.